The van der Waals surface area contributed by atoms with Gasteiger partial charge in [-0.15, -0.1) is 0 Å². The average Bonchev–Trinajstić information content (AvgIpc) is 3.42. The van der Waals surface area contributed by atoms with E-state index in [9.17, 15) is 4.79 Å². The monoisotopic (exact) mass is 524 g/mol. The van der Waals surface area contributed by atoms with Crippen LogP contribution in [0, 0.1) is 5.92 Å². The molecule has 0 aliphatic carbocycles. The molecule has 0 unspecified atom stereocenters. The van der Waals surface area contributed by atoms with E-state index in [1.807, 2.05) is 66.7 Å². The summed E-state index contributed by atoms with van der Waals surface area (Å²) >= 11 is 0. The fourth-order valence-electron chi connectivity index (χ4n) is 4.72. The number of likely N-dealkylation sites (tertiary alicyclic amines) is 1. The van der Waals surface area contributed by atoms with E-state index in [0.29, 0.717) is 24.9 Å². The fraction of sp³-hybridized carbons (Fsp3) is 0.344. The number of nitrogens with one attached hydrogen (secondary N) is 1. The zero-order chi connectivity index (χ0) is 27.2. The molecular weight excluding hydrogens is 488 g/mol. The van der Waals surface area contributed by atoms with Gasteiger partial charge in [0.2, 0.25) is 17.6 Å². The maximum atomic E-state index is 12.9. The largest absolute Gasteiger partial charge is 0.489 e. The van der Waals surface area contributed by atoms with Crippen LogP contribution in [0.2, 0.25) is 0 Å². The molecule has 0 radical (unpaired) electrons. The molecule has 1 saturated heterocycles. The molecule has 0 saturated carbocycles. The Morgan fingerprint density at radius 2 is 1.67 bits per heavy atom. The number of carbonyl (C=O) groups excluding carboxylic acids is 1. The summed E-state index contributed by atoms with van der Waals surface area (Å²) in [6, 6.07) is 25.9. The molecular formula is C32H36N4O3. The number of aromatic nitrogens is 2. The number of benzene rings is 3. The van der Waals surface area contributed by atoms with Crippen LogP contribution in [-0.2, 0) is 23.4 Å². The Bertz CT molecular complexity index is 1350. The number of hydrogen-bond acceptors (Lipinski definition) is 6. The number of nitrogens with zero attached hydrogens (tertiary/aromatic N) is 3. The Balaban J connectivity index is 1.07. The van der Waals surface area contributed by atoms with Crippen molar-refractivity contribution in [1.29, 1.82) is 0 Å². The molecule has 1 fully saturated rings. The van der Waals surface area contributed by atoms with Crippen LogP contribution in [0.15, 0.2) is 83.4 Å². The number of rotatable bonds is 8. The van der Waals surface area contributed by atoms with Crippen molar-refractivity contribution in [3.05, 3.63) is 95.9 Å². The highest BCUT2D eigenvalue weighted by molar-refractivity contribution is 5.92. The Morgan fingerprint density at radius 3 is 2.33 bits per heavy atom. The van der Waals surface area contributed by atoms with E-state index in [1.165, 1.54) is 5.56 Å². The predicted octanol–water partition coefficient (Wildman–Crippen LogP) is 6.46. The van der Waals surface area contributed by atoms with Gasteiger partial charge in [0.25, 0.3) is 0 Å². The highest BCUT2D eigenvalue weighted by Crippen LogP contribution is 2.26. The van der Waals surface area contributed by atoms with Gasteiger partial charge in [0.15, 0.2) is 0 Å². The molecule has 1 aliphatic heterocycles. The van der Waals surface area contributed by atoms with Crippen molar-refractivity contribution >= 4 is 11.6 Å². The van der Waals surface area contributed by atoms with Gasteiger partial charge in [-0.1, -0.05) is 80.5 Å². The van der Waals surface area contributed by atoms with E-state index >= 15 is 0 Å². The third-order valence-corrected chi connectivity index (χ3v) is 7.16. The zero-order valence-electron chi connectivity index (χ0n) is 22.9. The maximum Gasteiger partial charge on any atom is 0.241 e. The van der Waals surface area contributed by atoms with Gasteiger partial charge in [0, 0.05) is 17.2 Å². The minimum atomic E-state index is -0.0187. The smallest absolute Gasteiger partial charge is 0.241 e. The van der Waals surface area contributed by atoms with Crippen LogP contribution in [0.4, 0.5) is 5.69 Å². The van der Waals surface area contributed by atoms with Crippen LogP contribution in [0.1, 0.15) is 50.6 Å². The molecule has 3 aromatic carbocycles. The number of amides is 1. The van der Waals surface area contributed by atoms with Crippen molar-refractivity contribution in [2.24, 2.45) is 5.92 Å². The Kier molecular flexibility index (Phi) is 8.07. The van der Waals surface area contributed by atoms with Gasteiger partial charge in [-0.2, -0.15) is 4.98 Å². The second-order valence-corrected chi connectivity index (χ2v) is 11.2. The lowest BCUT2D eigenvalue weighted by atomic mass is 9.87. The van der Waals surface area contributed by atoms with Crippen LogP contribution in [0.5, 0.6) is 5.75 Å². The number of hydrogen-bond donors (Lipinski definition) is 1. The normalized spacial score (nSPS) is 14.7. The van der Waals surface area contributed by atoms with Crippen molar-refractivity contribution in [3.63, 3.8) is 0 Å². The molecule has 0 atom stereocenters. The number of anilines is 1. The highest BCUT2D eigenvalue weighted by atomic mass is 16.5. The molecule has 39 heavy (non-hydrogen) atoms. The van der Waals surface area contributed by atoms with Crippen molar-refractivity contribution in [1.82, 2.24) is 15.0 Å². The predicted molar refractivity (Wildman–Crippen MR) is 152 cm³/mol. The number of carbonyl (C=O) groups is 1. The van der Waals surface area contributed by atoms with Crippen molar-refractivity contribution in [3.8, 4) is 17.1 Å². The van der Waals surface area contributed by atoms with Crippen molar-refractivity contribution in [2.75, 3.05) is 18.4 Å². The van der Waals surface area contributed by atoms with E-state index in [1.54, 1.807) is 0 Å². The van der Waals surface area contributed by atoms with Crippen molar-refractivity contribution in [2.45, 2.75) is 52.2 Å². The Hall–Kier alpha value is -3.97. The van der Waals surface area contributed by atoms with Crippen LogP contribution >= 0.6 is 0 Å². The summed E-state index contributed by atoms with van der Waals surface area (Å²) in [6.07, 6.45) is 1.58. The molecule has 1 aliphatic rings. The van der Waals surface area contributed by atoms with Gasteiger partial charge in [0.1, 0.15) is 12.4 Å². The standard InChI is InChI=1S/C32H36N4O3/c1-32(2,3)26-11-9-24(10-12-26)30-34-29(39-35-30)21-36-19-17-25(18-20-36)31(37)33-27-13-15-28(16-14-27)38-22-23-7-5-4-6-8-23/h4-16,25H,17-22H2,1-3H3,(H,33,37). The quantitative estimate of drug-likeness (QED) is 0.285. The summed E-state index contributed by atoms with van der Waals surface area (Å²) in [6.45, 7) is 9.31. The lowest BCUT2D eigenvalue weighted by Gasteiger charge is -2.30. The average molecular weight is 525 g/mol. The Labute approximate surface area is 230 Å². The first-order valence-electron chi connectivity index (χ1n) is 13.6. The van der Waals surface area contributed by atoms with Crippen LogP contribution in [-0.4, -0.2) is 34.0 Å². The third kappa shape index (κ3) is 7.12. The van der Waals surface area contributed by atoms with E-state index < -0.39 is 0 Å². The molecule has 4 aromatic rings. The first-order chi connectivity index (χ1) is 18.8. The van der Waals surface area contributed by atoms with Gasteiger partial charge in [0.05, 0.1) is 6.54 Å². The summed E-state index contributed by atoms with van der Waals surface area (Å²) < 4.78 is 11.4. The lowest BCUT2D eigenvalue weighted by Crippen LogP contribution is -2.37. The van der Waals surface area contributed by atoms with E-state index in [2.05, 4.69) is 53.3 Å². The SMILES string of the molecule is CC(C)(C)c1ccc(-c2noc(CN3CCC(C(=O)Nc4ccc(OCc5ccccc5)cc4)CC3)n2)cc1. The summed E-state index contributed by atoms with van der Waals surface area (Å²) in [5.74, 6) is 2.02. The molecule has 1 amide bonds. The summed E-state index contributed by atoms with van der Waals surface area (Å²) in [7, 11) is 0. The molecule has 0 bridgehead atoms. The topological polar surface area (TPSA) is 80.5 Å². The van der Waals surface area contributed by atoms with Gasteiger partial charge < -0.3 is 14.6 Å². The van der Waals surface area contributed by atoms with Gasteiger partial charge in [-0.3, -0.25) is 9.69 Å². The highest BCUT2D eigenvalue weighted by Gasteiger charge is 2.26. The third-order valence-electron chi connectivity index (χ3n) is 7.16. The molecule has 1 N–H and O–H groups in total. The molecule has 1 aromatic heterocycles. The van der Waals surface area contributed by atoms with Crippen LogP contribution < -0.4 is 10.1 Å². The van der Waals surface area contributed by atoms with Crippen molar-refractivity contribution < 1.29 is 14.1 Å². The molecule has 202 valence electrons. The van der Waals surface area contributed by atoms with Crippen LogP contribution in [0.25, 0.3) is 11.4 Å². The summed E-state index contributed by atoms with van der Waals surface area (Å²) in [5, 5.41) is 7.24. The first-order valence-corrected chi connectivity index (χ1v) is 13.6. The van der Waals surface area contributed by atoms with E-state index in [4.69, 9.17) is 9.26 Å². The first kappa shape index (κ1) is 26.6. The van der Waals surface area contributed by atoms with Gasteiger partial charge in [-0.05, 0) is 66.7 Å². The van der Waals surface area contributed by atoms with Gasteiger partial charge in [-0.25, -0.2) is 0 Å². The molecule has 2 heterocycles. The second-order valence-electron chi connectivity index (χ2n) is 11.2. The minimum absolute atomic E-state index is 0.0187. The van der Waals surface area contributed by atoms with E-state index in [0.717, 1.165) is 48.5 Å². The number of piperidine rings is 1. The van der Waals surface area contributed by atoms with E-state index in [-0.39, 0.29) is 17.2 Å². The Morgan fingerprint density at radius 1 is 0.974 bits per heavy atom. The molecule has 7 nitrogen and oxygen atoms in total. The maximum absolute atomic E-state index is 12.9. The zero-order valence-corrected chi connectivity index (χ0v) is 22.9. The lowest BCUT2D eigenvalue weighted by molar-refractivity contribution is -0.121. The molecule has 7 heteroatoms. The molecule has 5 rings (SSSR count). The number of ether oxygens (including phenoxy) is 1. The minimum Gasteiger partial charge on any atom is -0.489 e. The molecule has 0 spiro atoms. The summed E-state index contributed by atoms with van der Waals surface area (Å²) in [5.41, 5.74) is 4.22. The van der Waals surface area contributed by atoms with Gasteiger partial charge >= 0.3 is 0 Å². The fourth-order valence-corrected chi connectivity index (χ4v) is 4.72. The van der Waals surface area contributed by atoms with Crippen LogP contribution in [0.3, 0.4) is 0 Å². The second kappa shape index (κ2) is 11.8. The summed E-state index contributed by atoms with van der Waals surface area (Å²) in [4.78, 5) is 19.7.